The molecule has 0 fully saturated rings. The molecule has 0 unspecified atom stereocenters. The lowest BCUT2D eigenvalue weighted by Crippen LogP contribution is -2.44. The number of pyridine rings is 3. The van der Waals surface area contributed by atoms with Crippen LogP contribution in [0.3, 0.4) is 0 Å². The van der Waals surface area contributed by atoms with E-state index >= 15 is 0 Å². The van der Waals surface area contributed by atoms with Gasteiger partial charge in [-0.1, -0.05) is 198 Å². The summed E-state index contributed by atoms with van der Waals surface area (Å²) in [7, 11) is 6.45. The first-order valence-electron chi connectivity index (χ1n) is 33.8. The quantitative estimate of drug-likeness (QED) is 0.156. The lowest BCUT2D eigenvalue weighted by molar-refractivity contribution is -0.660. The first kappa shape index (κ1) is 63.0. The molecule has 3 aromatic heterocycles. The number of hydrogen-bond donors (Lipinski definition) is 0. The molecule has 0 bridgehead atoms. The van der Waals surface area contributed by atoms with Gasteiger partial charge in [0.15, 0.2) is 18.6 Å². The third-order valence-electron chi connectivity index (χ3n) is 24.1. The Morgan fingerprint density at radius 3 is 1.15 bits per heavy atom. The summed E-state index contributed by atoms with van der Waals surface area (Å²) in [6, 6.07) is 68.5. The van der Waals surface area contributed by atoms with E-state index in [0.717, 1.165) is 0 Å². The molecule has 15 rings (SSSR count). The SMILES string of the molecule is Cc1ccc(-c2cc3c(cc2C)-c2c(ccc4ccccc24)C(C)(C)C3(C)C)[n+](C)c1.Cc1ccc(-c2cc3c(cc2C)-c2cc4ccccc4cc2C(C)(C)C3(C)C)[n+](C)c1.Cc1ccc(-c2ccc3c(c2C)C(C)(C)C(C)(C)c2c-3ccc3ccccc23)[n+](C)c1. The highest BCUT2D eigenvalue weighted by Crippen LogP contribution is 2.60. The molecule has 0 amide bonds. The summed E-state index contributed by atoms with van der Waals surface area (Å²) < 4.78 is 6.77. The molecule has 468 valence electrons. The van der Waals surface area contributed by atoms with Gasteiger partial charge in [-0.25, -0.2) is 13.7 Å². The van der Waals surface area contributed by atoms with Gasteiger partial charge in [0.2, 0.25) is 17.1 Å². The number of rotatable bonds is 3. The van der Waals surface area contributed by atoms with Crippen LogP contribution in [0.2, 0.25) is 0 Å². The van der Waals surface area contributed by atoms with E-state index in [-0.39, 0.29) is 32.5 Å². The first-order chi connectivity index (χ1) is 43.9. The predicted molar refractivity (Wildman–Crippen MR) is 395 cm³/mol. The summed E-state index contributed by atoms with van der Waals surface area (Å²) in [4.78, 5) is 0. The third kappa shape index (κ3) is 9.75. The van der Waals surface area contributed by atoms with Crippen LogP contribution in [0.4, 0.5) is 0 Å². The predicted octanol–water partition coefficient (Wildman–Crippen LogP) is 21.6. The largest absolute Gasteiger partial charge is 0.212 e. The van der Waals surface area contributed by atoms with Gasteiger partial charge in [-0.05, 0) is 233 Å². The Morgan fingerprint density at radius 2 is 0.624 bits per heavy atom. The molecule has 0 radical (unpaired) electrons. The van der Waals surface area contributed by atoms with Crippen LogP contribution < -0.4 is 13.7 Å². The summed E-state index contributed by atoms with van der Waals surface area (Å²) in [5.41, 5.74) is 32.8. The Hall–Kier alpha value is -8.79. The molecule has 3 heterocycles. The Bertz CT molecular complexity index is 4990. The van der Waals surface area contributed by atoms with Crippen molar-refractivity contribution in [2.45, 2.75) is 157 Å². The summed E-state index contributed by atoms with van der Waals surface area (Å²) in [6.45, 7) is 42.3. The van der Waals surface area contributed by atoms with Crippen LogP contribution in [-0.2, 0) is 53.6 Å². The summed E-state index contributed by atoms with van der Waals surface area (Å²) in [5, 5.41) is 8.03. The standard InChI is InChI=1S/3C30H32N/c1-19-12-17-26(31(7)18-19)22-15-16-24-25-14-13-21-10-8-9-11-23(21)28(25)30(5,6)29(3,4)27(24)20(22)2;1-19-12-15-27(31(7)18-19)23-17-26-24(16-20(23)2)28-22-11-9-8-10-21(22)13-14-25(28)29(3,4)30(26,5)6;1-19-12-13-28(31(7)18-19)23-17-27-24(14-20(23)2)25-15-21-10-8-9-11-22(21)16-26(25)29(3,4)30(27,5)6/h3*8-18H,1-7H3/q3*+1. The van der Waals surface area contributed by atoms with E-state index in [1.165, 1.54) is 166 Å². The molecule has 93 heavy (non-hydrogen) atoms. The fourth-order valence-electron chi connectivity index (χ4n) is 16.7. The molecule has 12 aromatic rings. The van der Waals surface area contributed by atoms with Crippen molar-refractivity contribution in [3.8, 4) is 67.2 Å². The molecule has 3 aliphatic carbocycles. The third-order valence-corrected chi connectivity index (χ3v) is 24.1. The van der Waals surface area contributed by atoms with E-state index < -0.39 is 0 Å². The van der Waals surface area contributed by atoms with Crippen LogP contribution >= 0.6 is 0 Å². The topological polar surface area (TPSA) is 11.6 Å². The van der Waals surface area contributed by atoms with Gasteiger partial charge in [0.05, 0.1) is 0 Å². The van der Waals surface area contributed by atoms with Crippen LogP contribution in [0.25, 0.3) is 99.5 Å². The van der Waals surface area contributed by atoms with Gasteiger partial charge < -0.3 is 0 Å². The average Bonchev–Trinajstić information content (AvgIpc) is 0.715. The summed E-state index contributed by atoms with van der Waals surface area (Å²) in [5.74, 6) is 0. The van der Waals surface area contributed by atoms with Crippen molar-refractivity contribution < 1.29 is 13.7 Å². The van der Waals surface area contributed by atoms with E-state index in [1.54, 1.807) is 0 Å². The van der Waals surface area contributed by atoms with E-state index in [2.05, 4.69) is 360 Å². The number of fused-ring (bicyclic) bond motifs is 14. The molecule has 3 aliphatic rings. The normalized spacial score (nSPS) is 16.1. The molecule has 9 aromatic carbocycles. The molecule has 0 saturated heterocycles. The van der Waals surface area contributed by atoms with E-state index in [9.17, 15) is 0 Å². The molecule has 0 spiro atoms. The van der Waals surface area contributed by atoms with Gasteiger partial charge in [-0.3, -0.25) is 0 Å². The number of aromatic nitrogens is 3. The van der Waals surface area contributed by atoms with Crippen molar-refractivity contribution in [2.24, 2.45) is 21.1 Å². The highest BCUT2D eigenvalue weighted by molar-refractivity contribution is 6.02. The van der Waals surface area contributed by atoms with Gasteiger partial charge in [-0.2, -0.15) is 0 Å². The Kier molecular flexibility index (Phi) is 15.0. The molecular weight excluding hydrogens is 1120 g/mol. The minimum absolute atomic E-state index is 0.00348. The molecule has 3 heteroatoms. The second-order valence-corrected chi connectivity index (χ2v) is 31.1. The van der Waals surface area contributed by atoms with E-state index in [0.29, 0.717) is 0 Å². The molecular formula is C90H96N3+3. The van der Waals surface area contributed by atoms with Crippen LogP contribution in [0.15, 0.2) is 201 Å². The maximum Gasteiger partial charge on any atom is 0.212 e. The van der Waals surface area contributed by atoms with Crippen LogP contribution in [-0.4, -0.2) is 0 Å². The van der Waals surface area contributed by atoms with Crippen LogP contribution in [0.5, 0.6) is 0 Å². The lowest BCUT2D eigenvalue weighted by Gasteiger charge is -2.49. The van der Waals surface area contributed by atoms with E-state index in [4.69, 9.17) is 0 Å². The number of nitrogens with zero attached hydrogens (tertiary/aromatic N) is 3. The van der Waals surface area contributed by atoms with Crippen LogP contribution in [0, 0.1) is 41.5 Å². The van der Waals surface area contributed by atoms with Crippen molar-refractivity contribution >= 4 is 32.3 Å². The van der Waals surface area contributed by atoms with Crippen molar-refractivity contribution in [1.29, 1.82) is 0 Å². The summed E-state index contributed by atoms with van der Waals surface area (Å²) >= 11 is 0. The highest BCUT2D eigenvalue weighted by Gasteiger charge is 2.50. The molecule has 0 atom stereocenters. The van der Waals surface area contributed by atoms with Gasteiger partial charge in [0.1, 0.15) is 21.1 Å². The molecule has 0 N–H and O–H groups in total. The minimum atomic E-state index is -0.0111. The monoisotopic (exact) mass is 1220 g/mol. The fraction of sp³-hybridized carbons (Fsp3) is 0.300. The number of benzene rings is 9. The van der Waals surface area contributed by atoms with Gasteiger partial charge in [0, 0.05) is 57.0 Å². The molecule has 3 nitrogen and oxygen atoms in total. The second-order valence-electron chi connectivity index (χ2n) is 31.1. The first-order valence-corrected chi connectivity index (χ1v) is 33.8. The average molecular weight is 1220 g/mol. The maximum absolute atomic E-state index is 2.47. The fourth-order valence-corrected chi connectivity index (χ4v) is 16.7. The van der Waals surface area contributed by atoms with Gasteiger partial charge in [-0.15, -0.1) is 0 Å². The van der Waals surface area contributed by atoms with Crippen molar-refractivity contribution in [3.63, 3.8) is 0 Å². The zero-order valence-electron chi connectivity index (χ0n) is 59.4. The zero-order valence-corrected chi connectivity index (χ0v) is 59.4. The van der Waals surface area contributed by atoms with Crippen molar-refractivity contribution in [2.75, 3.05) is 0 Å². The van der Waals surface area contributed by atoms with Gasteiger partial charge in [0.25, 0.3) is 0 Å². The Labute approximate surface area is 555 Å². The number of aryl methyl sites for hydroxylation is 8. The zero-order chi connectivity index (χ0) is 66.4. The van der Waals surface area contributed by atoms with E-state index in [1.807, 2.05) is 0 Å². The van der Waals surface area contributed by atoms with Crippen molar-refractivity contribution in [1.82, 2.24) is 0 Å². The molecule has 0 aliphatic heterocycles. The molecule has 0 saturated carbocycles. The summed E-state index contributed by atoms with van der Waals surface area (Å²) in [6.07, 6.45) is 6.64. The van der Waals surface area contributed by atoms with Crippen molar-refractivity contribution in [3.05, 3.63) is 267 Å². The Morgan fingerprint density at radius 1 is 0.258 bits per heavy atom. The Balaban J connectivity index is 0.000000127. The minimum Gasteiger partial charge on any atom is -0.201 e. The highest BCUT2D eigenvalue weighted by atomic mass is 14.9. The van der Waals surface area contributed by atoms with Crippen LogP contribution in [0.1, 0.15) is 150 Å². The lowest BCUT2D eigenvalue weighted by atomic mass is 9.54. The second kappa shape index (κ2) is 22.2. The number of hydrogen-bond acceptors (Lipinski definition) is 0. The van der Waals surface area contributed by atoms with Gasteiger partial charge >= 0.3 is 0 Å². The smallest absolute Gasteiger partial charge is 0.201 e. The maximum atomic E-state index is 2.47.